The average Bonchev–Trinajstić information content (AvgIpc) is 2.53. The Morgan fingerprint density at radius 3 is 3.00 bits per heavy atom. The summed E-state index contributed by atoms with van der Waals surface area (Å²) in [7, 11) is 2.17. The Hall–Kier alpha value is -1.65. The van der Waals surface area contributed by atoms with Crippen molar-refractivity contribution in [2.24, 2.45) is 5.73 Å². The number of para-hydroxylation sites is 1. The molecule has 0 bridgehead atoms. The lowest BCUT2D eigenvalue weighted by molar-refractivity contribution is 0.122. The highest BCUT2D eigenvalue weighted by atomic mass is 16.5. The molecule has 1 aliphatic heterocycles. The third-order valence-electron chi connectivity index (χ3n) is 4.32. The highest BCUT2D eigenvalue weighted by molar-refractivity contribution is 5.80. The Labute approximate surface area is 125 Å². The van der Waals surface area contributed by atoms with Gasteiger partial charge < -0.3 is 15.4 Å². The largest absolute Gasteiger partial charge is 0.476 e. The van der Waals surface area contributed by atoms with Gasteiger partial charge in [0.15, 0.2) is 0 Å². The van der Waals surface area contributed by atoms with E-state index in [-0.39, 0.29) is 0 Å². The van der Waals surface area contributed by atoms with Gasteiger partial charge in [0.2, 0.25) is 5.88 Å². The molecule has 3 rings (SSSR count). The van der Waals surface area contributed by atoms with Crippen LogP contribution in [-0.2, 0) is 6.54 Å². The molecule has 2 aromatic rings. The van der Waals surface area contributed by atoms with Crippen molar-refractivity contribution in [3.63, 3.8) is 0 Å². The first-order chi connectivity index (χ1) is 10.3. The molecule has 1 aromatic heterocycles. The van der Waals surface area contributed by atoms with Crippen LogP contribution in [0.5, 0.6) is 5.88 Å². The van der Waals surface area contributed by atoms with Gasteiger partial charge in [-0.3, -0.25) is 0 Å². The highest BCUT2D eigenvalue weighted by Crippen LogP contribution is 2.23. The number of pyridine rings is 1. The number of likely N-dealkylation sites (N-methyl/N-ethyl adjacent to an activating group) is 1. The Balaban J connectivity index is 1.79. The molecule has 1 aromatic carbocycles. The summed E-state index contributed by atoms with van der Waals surface area (Å²) in [6.07, 6.45) is 3.77. The number of rotatable bonds is 4. The van der Waals surface area contributed by atoms with Crippen molar-refractivity contribution >= 4 is 10.9 Å². The second kappa shape index (κ2) is 6.41. The minimum absolute atomic E-state index is 0.452. The van der Waals surface area contributed by atoms with E-state index in [0.29, 0.717) is 25.1 Å². The van der Waals surface area contributed by atoms with Gasteiger partial charge in [-0.1, -0.05) is 24.6 Å². The zero-order chi connectivity index (χ0) is 14.7. The van der Waals surface area contributed by atoms with E-state index < -0.39 is 0 Å². The lowest BCUT2D eigenvalue weighted by Gasteiger charge is -2.32. The van der Waals surface area contributed by atoms with Crippen molar-refractivity contribution in [2.75, 3.05) is 20.2 Å². The van der Waals surface area contributed by atoms with Crippen LogP contribution in [0.4, 0.5) is 0 Å². The topological polar surface area (TPSA) is 51.4 Å². The van der Waals surface area contributed by atoms with E-state index in [9.17, 15) is 0 Å². The first-order valence-electron chi connectivity index (χ1n) is 7.69. The van der Waals surface area contributed by atoms with Crippen LogP contribution < -0.4 is 10.5 Å². The fraction of sp³-hybridized carbons (Fsp3) is 0.471. The molecule has 0 spiro atoms. The van der Waals surface area contributed by atoms with Crippen LogP contribution in [0.1, 0.15) is 24.8 Å². The summed E-state index contributed by atoms with van der Waals surface area (Å²) in [5, 5.41) is 1.11. The molecule has 0 radical (unpaired) electrons. The molecular weight excluding hydrogens is 262 g/mol. The predicted molar refractivity (Wildman–Crippen MR) is 85.4 cm³/mol. The lowest BCUT2D eigenvalue weighted by atomic mass is 10.0. The molecule has 1 atom stereocenters. The van der Waals surface area contributed by atoms with Crippen molar-refractivity contribution < 1.29 is 4.74 Å². The number of benzene rings is 1. The van der Waals surface area contributed by atoms with Crippen molar-refractivity contribution in [1.29, 1.82) is 0 Å². The van der Waals surface area contributed by atoms with Gasteiger partial charge in [0.05, 0.1) is 5.52 Å². The Morgan fingerprint density at radius 2 is 2.19 bits per heavy atom. The fourth-order valence-corrected chi connectivity index (χ4v) is 2.94. The van der Waals surface area contributed by atoms with E-state index in [4.69, 9.17) is 10.5 Å². The zero-order valence-electron chi connectivity index (χ0n) is 12.6. The van der Waals surface area contributed by atoms with Crippen molar-refractivity contribution in [3.8, 4) is 5.88 Å². The maximum Gasteiger partial charge on any atom is 0.218 e. The van der Waals surface area contributed by atoms with E-state index in [1.807, 2.05) is 18.2 Å². The quantitative estimate of drug-likeness (QED) is 0.938. The Morgan fingerprint density at radius 1 is 1.33 bits per heavy atom. The number of nitrogens with zero attached hydrogens (tertiary/aromatic N) is 2. The minimum Gasteiger partial charge on any atom is -0.476 e. The molecule has 0 saturated carbocycles. The van der Waals surface area contributed by atoms with Gasteiger partial charge in [-0.05, 0) is 38.6 Å². The average molecular weight is 285 g/mol. The number of fused-ring (bicyclic) bond motifs is 1. The van der Waals surface area contributed by atoms with E-state index in [1.165, 1.54) is 19.3 Å². The van der Waals surface area contributed by atoms with E-state index in [0.717, 1.165) is 23.0 Å². The molecule has 4 heteroatoms. The molecule has 1 aliphatic rings. The van der Waals surface area contributed by atoms with Gasteiger partial charge >= 0.3 is 0 Å². The molecule has 112 valence electrons. The summed E-state index contributed by atoms with van der Waals surface area (Å²) in [6, 6.07) is 10.6. The van der Waals surface area contributed by atoms with Crippen LogP contribution in [0.3, 0.4) is 0 Å². The van der Waals surface area contributed by atoms with Gasteiger partial charge in [-0.15, -0.1) is 0 Å². The van der Waals surface area contributed by atoms with Crippen LogP contribution >= 0.6 is 0 Å². The molecule has 2 heterocycles. The molecule has 1 fully saturated rings. The number of hydrogen-bond donors (Lipinski definition) is 1. The zero-order valence-corrected chi connectivity index (χ0v) is 12.6. The van der Waals surface area contributed by atoms with Crippen molar-refractivity contribution in [2.45, 2.75) is 31.8 Å². The molecule has 1 saturated heterocycles. The summed E-state index contributed by atoms with van der Waals surface area (Å²) in [5.74, 6) is 0.690. The maximum atomic E-state index is 6.01. The molecule has 0 aliphatic carbocycles. The Bertz CT molecular complexity index is 614. The first-order valence-corrected chi connectivity index (χ1v) is 7.69. The summed E-state index contributed by atoms with van der Waals surface area (Å²) < 4.78 is 6.01. The molecule has 0 amide bonds. The molecule has 1 unspecified atom stereocenters. The van der Waals surface area contributed by atoms with E-state index in [2.05, 4.69) is 29.1 Å². The van der Waals surface area contributed by atoms with Crippen LogP contribution in [0.25, 0.3) is 10.9 Å². The maximum absolute atomic E-state index is 6.01. The number of ether oxygens (including phenoxy) is 1. The fourth-order valence-electron chi connectivity index (χ4n) is 2.94. The van der Waals surface area contributed by atoms with Crippen LogP contribution in [-0.4, -0.2) is 36.1 Å². The van der Waals surface area contributed by atoms with E-state index in [1.54, 1.807) is 0 Å². The standard InChI is InChI=1S/C17H23N3O/c1-20-9-5-4-7-15(20)12-21-17-14(11-18)10-13-6-2-3-8-16(13)19-17/h2-3,6,8,10,15H,4-5,7,9,11-12,18H2,1H3. The third kappa shape index (κ3) is 3.17. The molecule has 21 heavy (non-hydrogen) atoms. The SMILES string of the molecule is CN1CCCCC1COc1nc2ccccc2cc1CN. The number of aromatic nitrogens is 1. The monoisotopic (exact) mass is 285 g/mol. The Kier molecular flexibility index (Phi) is 4.36. The van der Waals surface area contributed by atoms with Crippen molar-refractivity contribution in [1.82, 2.24) is 9.88 Å². The summed E-state index contributed by atoms with van der Waals surface area (Å²) in [5.41, 5.74) is 7.79. The lowest BCUT2D eigenvalue weighted by Crippen LogP contribution is -2.40. The predicted octanol–water partition coefficient (Wildman–Crippen LogP) is 2.56. The summed E-state index contributed by atoms with van der Waals surface area (Å²) >= 11 is 0. The number of likely N-dealkylation sites (tertiary alicyclic amines) is 1. The smallest absolute Gasteiger partial charge is 0.218 e. The van der Waals surface area contributed by atoms with Gasteiger partial charge in [0, 0.05) is 23.5 Å². The van der Waals surface area contributed by atoms with Crippen LogP contribution in [0.2, 0.25) is 0 Å². The third-order valence-corrected chi connectivity index (χ3v) is 4.32. The van der Waals surface area contributed by atoms with E-state index >= 15 is 0 Å². The minimum atomic E-state index is 0.452. The van der Waals surface area contributed by atoms with Gasteiger partial charge in [0.1, 0.15) is 6.61 Å². The van der Waals surface area contributed by atoms with Gasteiger partial charge in [0.25, 0.3) is 0 Å². The summed E-state index contributed by atoms with van der Waals surface area (Å²) in [4.78, 5) is 7.02. The second-order valence-corrected chi connectivity index (χ2v) is 5.79. The number of nitrogens with two attached hydrogens (primary N) is 1. The molecule has 4 nitrogen and oxygen atoms in total. The first kappa shape index (κ1) is 14.3. The van der Waals surface area contributed by atoms with Gasteiger partial charge in [-0.25, -0.2) is 4.98 Å². The highest BCUT2D eigenvalue weighted by Gasteiger charge is 2.20. The van der Waals surface area contributed by atoms with Crippen molar-refractivity contribution in [3.05, 3.63) is 35.9 Å². The molecule has 2 N–H and O–H groups in total. The number of hydrogen-bond acceptors (Lipinski definition) is 4. The second-order valence-electron chi connectivity index (χ2n) is 5.79. The normalized spacial score (nSPS) is 19.8. The van der Waals surface area contributed by atoms with Gasteiger partial charge in [-0.2, -0.15) is 0 Å². The number of piperidine rings is 1. The summed E-state index contributed by atoms with van der Waals surface area (Å²) in [6.45, 7) is 2.30. The molecular formula is C17H23N3O. The van der Waals surface area contributed by atoms with Crippen LogP contribution in [0, 0.1) is 0 Å². The van der Waals surface area contributed by atoms with Crippen LogP contribution in [0.15, 0.2) is 30.3 Å².